The summed E-state index contributed by atoms with van der Waals surface area (Å²) >= 11 is 0. The molecule has 24 aromatic rings. The number of hydrogen-bond donors (Lipinski definition) is 0. The predicted molar refractivity (Wildman–Crippen MR) is 529 cm³/mol. The monoisotopic (exact) mass is 1580 g/mol. The van der Waals surface area contributed by atoms with Crippen molar-refractivity contribution in [2.24, 2.45) is 0 Å². The summed E-state index contributed by atoms with van der Waals surface area (Å²) < 4.78 is 4.97. The summed E-state index contributed by atoms with van der Waals surface area (Å²) in [6.45, 7) is 0. The van der Waals surface area contributed by atoms with Crippen LogP contribution in [-0.2, 0) is 0 Å². The molecule has 0 N–H and O–H groups in total. The normalized spacial score (nSPS) is 11.5. The first-order valence-corrected chi connectivity index (χ1v) is 42.7. The first-order valence-electron chi connectivity index (χ1n) is 42.7. The van der Waals surface area contributed by atoms with Crippen molar-refractivity contribution < 1.29 is 0 Å². The topological polar surface area (TPSA) is 16.3 Å². The second kappa shape index (κ2) is 31.1. The Balaban J connectivity index is 0.000000143. The number of rotatable bonds is 14. The Hall–Kier alpha value is -16.4. The lowest BCUT2D eigenvalue weighted by Crippen LogP contribution is -2.11. The van der Waals surface area contributed by atoms with E-state index in [4.69, 9.17) is 0 Å². The van der Waals surface area contributed by atoms with Gasteiger partial charge in [-0.05, 0) is 202 Å². The molecule has 0 fully saturated rings. The van der Waals surface area contributed by atoms with Gasteiger partial charge in [-0.3, -0.25) is 0 Å². The molecule has 0 aliphatic heterocycles. The van der Waals surface area contributed by atoms with Crippen molar-refractivity contribution in [3.63, 3.8) is 0 Å². The zero-order valence-electron chi connectivity index (χ0n) is 68.0. The Morgan fingerprint density at radius 1 is 0.153 bits per heavy atom. The lowest BCUT2D eigenvalue weighted by Gasteiger charge is -2.29. The number of para-hydroxylation sites is 3. The number of aromatic nitrogens is 2. The highest BCUT2D eigenvalue weighted by Gasteiger charge is 2.26. The fourth-order valence-electron chi connectivity index (χ4n) is 19.4. The van der Waals surface area contributed by atoms with Crippen LogP contribution in [0.2, 0.25) is 0 Å². The van der Waals surface area contributed by atoms with Crippen molar-refractivity contribution >= 4 is 142 Å². The van der Waals surface area contributed by atoms with E-state index in [0.717, 1.165) is 51.1 Å². The minimum atomic E-state index is 1.08. The quantitative estimate of drug-likeness (QED) is 0.101. The molecule has 0 saturated carbocycles. The molecule has 0 radical (unpaired) electrons. The molecule has 22 aromatic carbocycles. The molecule has 4 heteroatoms. The van der Waals surface area contributed by atoms with Crippen molar-refractivity contribution in [3.8, 4) is 78.1 Å². The van der Waals surface area contributed by atoms with Crippen LogP contribution >= 0.6 is 0 Å². The van der Waals surface area contributed by atoms with E-state index in [9.17, 15) is 0 Å². The van der Waals surface area contributed by atoms with E-state index >= 15 is 0 Å². The van der Waals surface area contributed by atoms with E-state index in [1.165, 1.54) is 169 Å². The van der Waals surface area contributed by atoms with Gasteiger partial charge in [-0.1, -0.05) is 382 Å². The van der Waals surface area contributed by atoms with Gasteiger partial charge in [-0.15, -0.1) is 0 Å². The van der Waals surface area contributed by atoms with Gasteiger partial charge >= 0.3 is 0 Å². The third kappa shape index (κ3) is 12.7. The Kier molecular flexibility index (Phi) is 18.2. The summed E-state index contributed by atoms with van der Waals surface area (Å²) in [5, 5.41) is 20.4. The van der Waals surface area contributed by atoms with Crippen molar-refractivity contribution in [1.29, 1.82) is 0 Å². The van der Waals surface area contributed by atoms with Crippen LogP contribution in [-0.4, -0.2) is 9.13 Å². The van der Waals surface area contributed by atoms with Crippen LogP contribution in [0.15, 0.2) is 485 Å². The van der Waals surface area contributed by atoms with Crippen molar-refractivity contribution in [3.05, 3.63) is 485 Å². The zero-order chi connectivity index (χ0) is 82.0. The molecule has 0 saturated heterocycles. The highest BCUT2D eigenvalue weighted by Crippen LogP contribution is 2.51. The van der Waals surface area contributed by atoms with E-state index < -0.39 is 0 Å². The van der Waals surface area contributed by atoms with Crippen LogP contribution in [0.5, 0.6) is 0 Å². The molecule has 0 atom stereocenters. The highest BCUT2D eigenvalue weighted by atomic mass is 15.2. The SMILES string of the molecule is c1ccc(-c2ccc(-c3ccc(N(c4ccc(-n5c6ccccc6c6c7c8ccccc8ccc7c7ccccc7c65)cc4)c4ccccc4-c4ccccc4)cc3)cc2)cc1.c1ccc(-c2ccc(N(c3ccc(-n4c5ccccc5c5c6c7ccccc7ccc6c6ccccc6c54)cc3)c3ccc(-c4ccccc4)cc3-c3ccccc3)cc2)cc1. The minimum absolute atomic E-state index is 1.08. The van der Waals surface area contributed by atoms with Gasteiger partial charge < -0.3 is 18.9 Å². The fraction of sp³-hybridized carbons (Fsp3) is 0. The number of anilines is 6. The molecule has 580 valence electrons. The first-order chi connectivity index (χ1) is 61.6. The van der Waals surface area contributed by atoms with E-state index in [-0.39, 0.29) is 0 Å². The largest absolute Gasteiger partial charge is 0.310 e. The molecule has 0 spiro atoms. The second-order valence-corrected chi connectivity index (χ2v) is 32.1. The Bertz CT molecular complexity index is 8150. The van der Waals surface area contributed by atoms with E-state index in [1.54, 1.807) is 0 Å². The van der Waals surface area contributed by atoms with E-state index in [1.807, 2.05) is 0 Å². The van der Waals surface area contributed by atoms with Gasteiger partial charge in [0, 0.05) is 88.3 Å². The summed E-state index contributed by atoms with van der Waals surface area (Å²) in [6, 6.07) is 177. The molecule has 4 nitrogen and oxygen atoms in total. The Morgan fingerprint density at radius 2 is 0.435 bits per heavy atom. The molecule has 0 amide bonds. The predicted octanol–water partition coefficient (Wildman–Crippen LogP) is 33.4. The molecule has 0 aliphatic carbocycles. The van der Waals surface area contributed by atoms with Gasteiger partial charge in [0.05, 0.1) is 33.4 Å². The molecule has 2 aromatic heterocycles. The minimum Gasteiger partial charge on any atom is -0.310 e. The molecule has 0 bridgehead atoms. The van der Waals surface area contributed by atoms with Crippen molar-refractivity contribution in [1.82, 2.24) is 9.13 Å². The molecular formula is C120H80N4. The maximum atomic E-state index is 2.49. The standard InChI is InChI=1S/2C60H40N2/c1-4-16-41(17-5-1)43-28-32-47(33-29-43)61(57-39-31-46(42-18-6-2-7-19-42)40-55(57)44-20-8-3-9-21-44)48-34-36-49(37-35-48)62-56-27-15-14-26-54(56)59-58-50-23-11-10-22-45(50)30-38-52(58)51-24-12-13-25-53(51)60(59)62;1-3-15-41(16-4-1)42-27-29-43(30-28-42)44-31-34-47(35-32-44)61(56-25-13-11-20-50(56)45-17-5-2-6-18-45)48-36-38-49(39-37-48)62-57-26-14-12-24-55(57)59-58-51-21-8-7-19-46(51)33-40-53(58)52-22-9-10-23-54(52)60(59)62/h2*1-40H. The van der Waals surface area contributed by atoms with Crippen LogP contribution in [0.1, 0.15) is 0 Å². The molecule has 0 aliphatic rings. The number of nitrogens with zero attached hydrogens (tertiary/aromatic N) is 4. The highest BCUT2D eigenvalue weighted by molar-refractivity contribution is 6.38. The first kappa shape index (κ1) is 72.8. The van der Waals surface area contributed by atoms with Crippen molar-refractivity contribution in [2.75, 3.05) is 9.80 Å². The number of hydrogen-bond acceptors (Lipinski definition) is 2. The summed E-state index contributed by atoms with van der Waals surface area (Å²) in [5.74, 6) is 0. The van der Waals surface area contributed by atoms with Crippen LogP contribution in [0, 0.1) is 0 Å². The van der Waals surface area contributed by atoms with Gasteiger partial charge in [-0.2, -0.15) is 0 Å². The summed E-state index contributed by atoms with van der Waals surface area (Å²) in [7, 11) is 0. The van der Waals surface area contributed by atoms with Gasteiger partial charge in [-0.25, -0.2) is 0 Å². The lowest BCUT2D eigenvalue weighted by atomic mass is 9.93. The Labute approximate surface area is 719 Å². The van der Waals surface area contributed by atoms with Crippen LogP contribution in [0.3, 0.4) is 0 Å². The smallest absolute Gasteiger partial charge is 0.0626 e. The fourth-order valence-corrected chi connectivity index (χ4v) is 19.4. The lowest BCUT2D eigenvalue weighted by molar-refractivity contribution is 1.18. The molecule has 124 heavy (non-hydrogen) atoms. The Morgan fingerprint density at radius 3 is 0.847 bits per heavy atom. The average Bonchev–Trinajstić information content (AvgIpc) is 0.810. The van der Waals surface area contributed by atoms with Crippen LogP contribution in [0.25, 0.3) is 186 Å². The average molecular weight is 1580 g/mol. The summed E-state index contributed by atoms with van der Waals surface area (Å²) in [5.41, 5.74) is 27.9. The summed E-state index contributed by atoms with van der Waals surface area (Å²) in [6.07, 6.45) is 0. The molecular weight excluding hydrogens is 1500 g/mol. The van der Waals surface area contributed by atoms with Gasteiger partial charge in [0.25, 0.3) is 0 Å². The third-order valence-corrected chi connectivity index (χ3v) is 25.1. The molecule has 24 rings (SSSR count). The van der Waals surface area contributed by atoms with Gasteiger partial charge in [0.15, 0.2) is 0 Å². The van der Waals surface area contributed by atoms with Crippen molar-refractivity contribution in [2.45, 2.75) is 0 Å². The molecule has 2 heterocycles. The van der Waals surface area contributed by atoms with Gasteiger partial charge in [0.1, 0.15) is 0 Å². The zero-order valence-corrected chi connectivity index (χ0v) is 68.0. The number of benzene rings is 22. The second-order valence-electron chi connectivity index (χ2n) is 32.1. The maximum Gasteiger partial charge on any atom is 0.0626 e. The summed E-state index contributed by atoms with van der Waals surface area (Å²) in [4.78, 5) is 4.81. The van der Waals surface area contributed by atoms with Crippen LogP contribution < -0.4 is 9.80 Å². The maximum absolute atomic E-state index is 2.49. The number of fused-ring (bicyclic) bond motifs is 20. The third-order valence-electron chi connectivity index (χ3n) is 25.1. The van der Waals surface area contributed by atoms with Gasteiger partial charge in [0.2, 0.25) is 0 Å². The van der Waals surface area contributed by atoms with Crippen LogP contribution in [0.4, 0.5) is 34.1 Å². The molecule has 0 unspecified atom stereocenters. The van der Waals surface area contributed by atoms with E-state index in [2.05, 4.69) is 504 Å². The van der Waals surface area contributed by atoms with E-state index in [0.29, 0.717) is 0 Å².